The molecule has 0 saturated carbocycles. The molecule has 4 N–H and O–H groups in total. The van der Waals surface area contributed by atoms with Crippen molar-refractivity contribution in [1.82, 2.24) is 5.32 Å². The molecule has 21 heavy (non-hydrogen) atoms. The van der Waals surface area contributed by atoms with Crippen LogP contribution in [0.15, 0.2) is 16.6 Å². The van der Waals surface area contributed by atoms with Crippen LogP contribution in [0.5, 0.6) is 0 Å². The van der Waals surface area contributed by atoms with E-state index in [2.05, 4.69) is 26.6 Å². The fourth-order valence-electron chi connectivity index (χ4n) is 1.60. The molecule has 0 saturated heterocycles. The number of benzene rings is 1. The van der Waals surface area contributed by atoms with Crippen molar-refractivity contribution in [2.24, 2.45) is 11.1 Å². The molecule has 0 bridgehead atoms. The fraction of sp³-hybridized carbons (Fsp3) is 0.429. The van der Waals surface area contributed by atoms with Crippen LogP contribution in [0.2, 0.25) is 0 Å². The van der Waals surface area contributed by atoms with Crippen LogP contribution in [0.1, 0.15) is 31.1 Å². The van der Waals surface area contributed by atoms with Gasteiger partial charge in [0, 0.05) is 23.0 Å². The summed E-state index contributed by atoms with van der Waals surface area (Å²) in [6.45, 7) is 6.13. The number of nitrogens with two attached hydrogens (primary N) is 1. The van der Waals surface area contributed by atoms with Crippen molar-refractivity contribution in [2.45, 2.75) is 20.8 Å². The molecule has 0 aromatic heterocycles. The summed E-state index contributed by atoms with van der Waals surface area (Å²) in [6.07, 6.45) is 0. The summed E-state index contributed by atoms with van der Waals surface area (Å²) in [6, 6.07) is 2.74. The zero-order valence-electron chi connectivity index (χ0n) is 12.2. The van der Waals surface area contributed by atoms with E-state index in [9.17, 15) is 14.0 Å². The maximum absolute atomic E-state index is 13.7. The van der Waals surface area contributed by atoms with Crippen molar-refractivity contribution < 1.29 is 14.0 Å². The standard InChI is InChI=1S/C14H19BrFN3O2/c1-14(2,3)13(21)19-5-4-18-10-7-8(15)6-9(16)11(10)12(17)20/h6-7,18H,4-5H2,1-3H3,(H2,17,20)(H,19,21). The normalized spacial score (nSPS) is 11.1. The van der Waals surface area contributed by atoms with Crippen LogP contribution in [-0.4, -0.2) is 24.9 Å². The molecule has 0 aliphatic heterocycles. The van der Waals surface area contributed by atoms with E-state index in [0.717, 1.165) is 0 Å². The minimum atomic E-state index is -0.846. The summed E-state index contributed by atoms with van der Waals surface area (Å²) in [7, 11) is 0. The van der Waals surface area contributed by atoms with E-state index in [-0.39, 0.29) is 11.5 Å². The van der Waals surface area contributed by atoms with Crippen molar-refractivity contribution in [1.29, 1.82) is 0 Å². The molecular formula is C14H19BrFN3O2. The number of hydrogen-bond donors (Lipinski definition) is 3. The van der Waals surface area contributed by atoms with Crippen LogP contribution in [0.25, 0.3) is 0 Å². The highest BCUT2D eigenvalue weighted by molar-refractivity contribution is 9.10. The smallest absolute Gasteiger partial charge is 0.253 e. The summed E-state index contributed by atoms with van der Waals surface area (Å²) in [4.78, 5) is 23.0. The molecule has 0 heterocycles. The van der Waals surface area contributed by atoms with Crippen LogP contribution in [0.3, 0.4) is 0 Å². The zero-order valence-corrected chi connectivity index (χ0v) is 13.8. The first kappa shape index (κ1) is 17.4. The third-order valence-corrected chi connectivity index (χ3v) is 3.17. The van der Waals surface area contributed by atoms with E-state index in [4.69, 9.17) is 5.73 Å². The quantitative estimate of drug-likeness (QED) is 0.705. The number of anilines is 1. The lowest BCUT2D eigenvalue weighted by Gasteiger charge is -2.18. The van der Waals surface area contributed by atoms with Crippen LogP contribution < -0.4 is 16.4 Å². The number of halogens is 2. The first-order valence-corrected chi connectivity index (χ1v) is 7.23. The first-order valence-electron chi connectivity index (χ1n) is 6.44. The largest absolute Gasteiger partial charge is 0.383 e. The van der Waals surface area contributed by atoms with Crippen molar-refractivity contribution in [2.75, 3.05) is 18.4 Å². The lowest BCUT2D eigenvalue weighted by Crippen LogP contribution is -2.37. The molecule has 0 fully saturated rings. The highest BCUT2D eigenvalue weighted by Gasteiger charge is 2.20. The van der Waals surface area contributed by atoms with Gasteiger partial charge in [-0.1, -0.05) is 36.7 Å². The maximum atomic E-state index is 13.7. The Bertz CT molecular complexity index is 556. The van der Waals surface area contributed by atoms with Gasteiger partial charge in [0.25, 0.3) is 5.91 Å². The Morgan fingerprint density at radius 3 is 2.43 bits per heavy atom. The van der Waals surface area contributed by atoms with Gasteiger partial charge in [0.05, 0.1) is 11.3 Å². The average molecular weight is 360 g/mol. The van der Waals surface area contributed by atoms with E-state index < -0.39 is 17.1 Å². The molecule has 0 aliphatic carbocycles. The monoisotopic (exact) mass is 359 g/mol. The Balaban J connectivity index is 2.68. The molecule has 116 valence electrons. The van der Waals surface area contributed by atoms with Crippen LogP contribution >= 0.6 is 15.9 Å². The third kappa shape index (κ3) is 5.00. The molecule has 2 amide bonds. The Morgan fingerprint density at radius 2 is 1.90 bits per heavy atom. The highest BCUT2D eigenvalue weighted by atomic mass is 79.9. The molecule has 0 unspecified atom stereocenters. The number of rotatable bonds is 5. The minimum Gasteiger partial charge on any atom is -0.383 e. The predicted molar refractivity (Wildman–Crippen MR) is 83.6 cm³/mol. The van der Waals surface area contributed by atoms with Gasteiger partial charge in [0.1, 0.15) is 5.82 Å². The molecular weight excluding hydrogens is 341 g/mol. The Hall–Kier alpha value is -1.63. The van der Waals surface area contributed by atoms with Gasteiger partial charge in [-0.05, 0) is 12.1 Å². The van der Waals surface area contributed by atoms with Gasteiger partial charge in [0.15, 0.2) is 0 Å². The number of carbonyl (C=O) groups is 2. The van der Waals surface area contributed by atoms with E-state index in [0.29, 0.717) is 23.2 Å². The number of nitrogens with one attached hydrogen (secondary N) is 2. The Labute approximate surface area is 131 Å². The van der Waals surface area contributed by atoms with Crippen LogP contribution in [0.4, 0.5) is 10.1 Å². The van der Waals surface area contributed by atoms with Gasteiger partial charge in [-0.15, -0.1) is 0 Å². The molecule has 0 spiro atoms. The van der Waals surface area contributed by atoms with Crippen molar-refractivity contribution in [3.8, 4) is 0 Å². The van der Waals surface area contributed by atoms with E-state index >= 15 is 0 Å². The lowest BCUT2D eigenvalue weighted by molar-refractivity contribution is -0.128. The molecule has 1 aromatic carbocycles. The summed E-state index contributed by atoms with van der Waals surface area (Å²) in [5.41, 5.74) is 4.80. The van der Waals surface area contributed by atoms with Gasteiger partial charge in [-0.25, -0.2) is 4.39 Å². The molecule has 0 radical (unpaired) electrons. The number of carbonyl (C=O) groups excluding carboxylic acids is 2. The highest BCUT2D eigenvalue weighted by Crippen LogP contribution is 2.24. The summed E-state index contributed by atoms with van der Waals surface area (Å²) in [5.74, 6) is -1.63. The lowest BCUT2D eigenvalue weighted by atomic mass is 9.96. The molecule has 0 atom stereocenters. The van der Waals surface area contributed by atoms with Crippen LogP contribution in [0, 0.1) is 11.2 Å². The Kier molecular flexibility index (Phi) is 5.71. The van der Waals surface area contributed by atoms with E-state index in [1.165, 1.54) is 6.07 Å². The van der Waals surface area contributed by atoms with Crippen molar-refractivity contribution in [3.05, 3.63) is 28.0 Å². The molecule has 0 aliphatic rings. The second kappa shape index (κ2) is 6.89. The van der Waals surface area contributed by atoms with E-state index in [1.807, 2.05) is 20.8 Å². The van der Waals surface area contributed by atoms with E-state index in [1.54, 1.807) is 6.07 Å². The van der Waals surface area contributed by atoms with Gasteiger partial charge in [-0.2, -0.15) is 0 Å². The summed E-state index contributed by atoms with van der Waals surface area (Å²) in [5, 5.41) is 5.65. The number of primary amides is 1. The van der Waals surface area contributed by atoms with Gasteiger partial charge >= 0.3 is 0 Å². The first-order chi connectivity index (χ1) is 9.62. The second-order valence-corrected chi connectivity index (χ2v) is 6.52. The SMILES string of the molecule is CC(C)(C)C(=O)NCCNc1cc(Br)cc(F)c1C(N)=O. The Morgan fingerprint density at radius 1 is 1.29 bits per heavy atom. The fourth-order valence-corrected chi connectivity index (χ4v) is 2.03. The molecule has 7 heteroatoms. The second-order valence-electron chi connectivity index (χ2n) is 5.61. The summed E-state index contributed by atoms with van der Waals surface area (Å²) < 4.78 is 14.2. The summed E-state index contributed by atoms with van der Waals surface area (Å²) >= 11 is 3.15. The molecule has 1 aromatic rings. The molecule has 1 rings (SSSR count). The molecule has 5 nitrogen and oxygen atoms in total. The average Bonchev–Trinajstić information content (AvgIpc) is 2.31. The van der Waals surface area contributed by atoms with Crippen LogP contribution in [-0.2, 0) is 4.79 Å². The topological polar surface area (TPSA) is 84.2 Å². The van der Waals surface area contributed by atoms with Crippen molar-refractivity contribution >= 4 is 33.4 Å². The predicted octanol–water partition coefficient (Wildman–Crippen LogP) is 2.26. The zero-order chi connectivity index (χ0) is 16.2. The maximum Gasteiger partial charge on any atom is 0.253 e. The number of hydrogen-bond acceptors (Lipinski definition) is 3. The number of amides is 2. The van der Waals surface area contributed by atoms with Gasteiger partial charge < -0.3 is 16.4 Å². The van der Waals surface area contributed by atoms with Gasteiger partial charge in [0.2, 0.25) is 5.91 Å². The minimum absolute atomic E-state index is 0.0835. The van der Waals surface area contributed by atoms with Gasteiger partial charge in [-0.3, -0.25) is 9.59 Å². The third-order valence-electron chi connectivity index (χ3n) is 2.71. The van der Waals surface area contributed by atoms with Crippen molar-refractivity contribution in [3.63, 3.8) is 0 Å².